The van der Waals surface area contributed by atoms with Gasteiger partial charge in [0.2, 0.25) is 5.91 Å². The molecule has 2 aromatic rings. The molecule has 1 aromatic carbocycles. The van der Waals surface area contributed by atoms with Gasteiger partial charge >= 0.3 is 0 Å². The van der Waals surface area contributed by atoms with Crippen molar-refractivity contribution in [1.29, 1.82) is 0 Å². The molecule has 27 heavy (non-hydrogen) atoms. The number of benzene rings is 1. The van der Waals surface area contributed by atoms with E-state index >= 15 is 0 Å². The number of methoxy groups -OCH3 is 2. The number of ether oxygens (including phenoxy) is 2. The maximum Gasteiger partial charge on any atom is 0.223 e. The lowest BCUT2D eigenvalue weighted by atomic mass is 9.89. The van der Waals surface area contributed by atoms with Crippen molar-refractivity contribution in [2.45, 2.75) is 45.4 Å². The van der Waals surface area contributed by atoms with E-state index in [2.05, 4.69) is 5.32 Å². The largest absolute Gasteiger partial charge is 0.493 e. The molecule has 1 aliphatic carbocycles. The zero-order valence-corrected chi connectivity index (χ0v) is 17.2. The van der Waals surface area contributed by atoms with Crippen LogP contribution in [0.1, 0.15) is 42.7 Å². The number of carbonyl (C=O) groups is 1. The second kappa shape index (κ2) is 9.22. The van der Waals surface area contributed by atoms with Gasteiger partial charge in [-0.1, -0.05) is 19.3 Å². The highest BCUT2D eigenvalue weighted by molar-refractivity contribution is 7.15. The van der Waals surface area contributed by atoms with E-state index in [1.54, 1.807) is 25.6 Å². The van der Waals surface area contributed by atoms with Crippen LogP contribution in [0.15, 0.2) is 18.2 Å². The molecule has 1 amide bonds. The molecule has 1 aromatic heterocycles. The molecule has 0 spiro atoms. The number of thiazole rings is 1. The summed E-state index contributed by atoms with van der Waals surface area (Å²) >= 11 is 1.67. The Morgan fingerprint density at radius 1 is 1.19 bits per heavy atom. The van der Waals surface area contributed by atoms with Gasteiger partial charge in [-0.15, -0.1) is 11.3 Å². The summed E-state index contributed by atoms with van der Waals surface area (Å²) < 4.78 is 10.7. The van der Waals surface area contributed by atoms with Crippen molar-refractivity contribution >= 4 is 17.2 Å². The molecule has 0 aliphatic heterocycles. The number of amides is 1. The van der Waals surface area contributed by atoms with Gasteiger partial charge < -0.3 is 14.8 Å². The summed E-state index contributed by atoms with van der Waals surface area (Å²) in [5.41, 5.74) is 2.04. The maximum absolute atomic E-state index is 12.3. The molecule has 0 radical (unpaired) electrons. The van der Waals surface area contributed by atoms with Crippen LogP contribution in [0.2, 0.25) is 0 Å². The van der Waals surface area contributed by atoms with Gasteiger partial charge in [-0.25, -0.2) is 4.98 Å². The van der Waals surface area contributed by atoms with E-state index in [9.17, 15) is 4.79 Å². The average molecular weight is 389 g/mol. The van der Waals surface area contributed by atoms with Crippen molar-refractivity contribution in [3.8, 4) is 22.1 Å². The molecule has 1 heterocycles. The molecular formula is C21H28N2O3S. The zero-order chi connectivity index (χ0) is 19.2. The number of hydrogen-bond donors (Lipinski definition) is 1. The molecule has 1 saturated carbocycles. The Labute approximate surface area is 165 Å². The fourth-order valence-electron chi connectivity index (χ4n) is 3.56. The Hall–Kier alpha value is -2.08. The van der Waals surface area contributed by atoms with E-state index < -0.39 is 0 Å². The third kappa shape index (κ3) is 4.80. The SMILES string of the molecule is COc1ccc(-c2nc(C)c(CCNC(=O)C3CCCCC3)s2)cc1OC. The minimum absolute atomic E-state index is 0.212. The molecule has 0 atom stereocenters. The average Bonchev–Trinajstić information content (AvgIpc) is 3.08. The van der Waals surface area contributed by atoms with Crippen LogP contribution in [0.3, 0.4) is 0 Å². The summed E-state index contributed by atoms with van der Waals surface area (Å²) in [5.74, 6) is 1.84. The van der Waals surface area contributed by atoms with E-state index in [-0.39, 0.29) is 11.8 Å². The number of hydrogen-bond acceptors (Lipinski definition) is 5. The standard InChI is InChI=1S/C21H28N2O3S/c1-14-19(11-12-22-20(24)15-7-5-4-6-8-15)27-21(23-14)16-9-10-17(25-2)18(13-16)26-3/h9-10,13,15H,4-8,11-12H2,1-3H3,(H,22,24). The Morgan fingerprint density at radius 3 is 2.63 bits per heavy atom. The molecule has 1 fully saturated rings. The molecule has 146 valence electrons. The highest BCUT2D eigenvalue weighted by Crippen LogP contribution is 2.35. The van der Waals surface area contributed by atoms with Crippen LogP contribution in [0.4, 0.5) is 0 Å². The normalized spacial score (nSPS) is 14.8. The lowest BCUT2D eigenvalue weighted by molar-refractivity contribution is -0.125. The number of aromatic nitrogens is 1. The predicted octanol–water partition coefficient (Wildman–Crippen LogP) is 4.37. The molecule has 6 heteroatoms. The first-order chi connectivity index (χ1) is 13.1. The monoisotopic (exact) mass is 388 g/mol. The minimum atomic E-state index is 0.212. The van der Waals surface area contributed by atoms with Crippen LogP contribution in [-0.4, -0.2) is 31.7 Å². The second-order valence-corrected chi connectivity index (χ2v) is 8.06. The molecular weight excluding hydrogens is 360 g/mol. The second-order valence-electron chi connectivity index (χ2n) is 6.97. The molecule has 3 rings (SSSR count). The van der Waals surface area contributed by atoms with Gasteiger partial charge in [0.15, 0.2) is 11.5 Å². The Kier molecular flexibility index (Phi) is 6.72. The fourth-order valence-corrected chi connectivity index (χ4v) is 4.62. The quantitative estimate of drug-likeness (QED) is 0.765. The van der Waals surface area contributed by atoms with Crippen LogP contribution < -0.4 is 14.8 Å². The van der Waals surface area contributed by atoms with Crippen molar-refractivity contribution < 1.29 is 14.3 Å². The van der Waals surface area contributed by atoms with E-state index in [0.29, 0.717) is 18.0 Å². The Balaban J connectivity index is 1.62. The molecule has 0 bridgehead atoms. The Morgan fingerprint density at radius 2 is 1.93 bits per heavy atom. The zero-order valence-electron chi connectivity index (χ0n) is 16.3. The molecule has 1 N–H and O–H groups in total. The highest BCUT2D eigenvalue weighted by atomic mass is 32.1. The molecule has 1 aliphatic rings. The lowest BCUT2D eigenvalue weighted by Gasteiger charge is -2.20. The minimum Gasteiger partial charge on any atom is -0.493 e. The molecule has 5 nitrogen and oxygen atoms in total. The summed E-state index contributed by atoms with van der Waals surface area (Å²) in [6.07, 6.45) is 6.52. The van der Waals surface area contributed by atoms with E-state index in [1.807, 2.05) is 25.1 Å². The van der Waals surface area contributed by atoms with Crippen molar-refractivity contribution in [3.05, 3.63) is 28.8 Å². The smallest absolute Gasteiger partial charge is 0.223 e. The molecule has 0 saturated heterocycles. The van der Waals surface area contributed by atoms with Gasteiger partial charge in [-0.05, 0) is 38.0 Å². The number of carbonyl (C=O) groups excluding carboxylic acids is 1. The summed E-state index contributed by atoms with van der Waals surface area (Å²) in [6.45, 7) is 2.70. The van der Waals surface area contributed by atoms with Crippen molar-refractivity contribution in [2.24, 2.45) is 5.92 Å². The molecule has 0 unspecified atom stereocenters. The summed E-state index contributed by atoms with van der Waals surface area (Å²) in [7, 11) is 3.26. The van der Waals surface area contributed by atoms with Gasteiger partial charge in [-0.2, -0.15) is 0 Å². The number of nitrogens with zero attached hydrogens (tertiary/aromatic N) is 1. The number of nitrogens with one attached hydrogen (secondary N) is 1. The number of rotatable bonds is 7. The van der Waals surface area contributed by atoms with E-state index in [1.165, 1.54) is 24.1 Å². The first-order valence-corrected chi connectivity index (χ1v) is 10.4. The Bertz CT molecular complexity index is 782. The van der Waals surface area contributed by atoms with E-state index in [4.69, 9.17) is 14.5 Å². The van der Waals surface area contributed by atoms with Crippen LogP contribution in [0.25, 0.3) is 10.6 Å². The third-order valence-corrected chi connectivity index (χ3v) is 6.42. The van der Waals surface area contributed by atoms with Crippen LogP contribution in [0.5, 0.6) is 11.5 Å². The van der Waals surface area contributed by atoms with Gasteiger partial charge in [0, 0.05) is 29.3 Å². The maximum atomic E-state index is 12.3. The number of aryl methyl sites for hydroxylation is 1. The first-order valence-electron chi connectivity index (χ1n) is 9.58. The summed E-state index contributed by atoms with van der Waals surface area (Å²) in [5, 5.41) is 4.07. The predicted molar refractivity (Wildman–Crippen MR) is 109 cm³/mol. The summed E-state index contributed by atoms with van der Waals surface area (Å²) in [6, 6.07) is 5.84. The first kappa shape index (κ1) is 19.7. The van der Waals surface area contributed by atoms with Gasteiger partial charge in [0.25, 0.3) is 0 Å². The van der Waals surface area contributed by atoms with Crippen LogP contribution >= 0.6 is 11.3 Å². The van der Waals surface area contributed by atoms with Crippen LogP contribution in [0, 0.1) is 12.8 Å². The highest BCUT2D eigenvalue weighted by Gasteiger charge is 2.20. The van der Waals surface area contributed by atoms with Gasteiger partial charge in [0.1, 0.15) is 5.01 Å². The topological polar surface area (TPSA) is 60.5 Å². The van der Waals surface area contributed by atoms with Crippen molar-refractivity contribution in [3.63, 3.8) is 0 Å². The van der Waals surface area contributed by atoms with Crippen LogP contribution in [-0.2, 0) is 11.2 Å². The summed E-state index contributed by atoms with van der Waals surface area (Å²) in [4.78, 5) is 18.2. The van der Waals surface area contributed by atoms with Crippen molar-refractivity contribution in [1.82, 2.24) is 10.3 Å². The third-order valence-electron chi connectivity index (χ3n) is 5.15. The van der Waals surface area contributed by atoms with Gasteiger partial charge in [0.05, 0.1) is 19.9 Å². The van der Waals surface area contributed by atoms with Crippen molar-refractivity contribution in [2.75, 3.05) is 20.8 Å². The van der Waals surface area contributed by atoms with E-state index in [0.717, 1.165) is 35.5 Å². The lowest BCUT2D eigenvalue weighted by Crippen LogP contribution is -2.33. The van der Waals surface area contributed by atoms with Gasteiger partial charge in [-0.3, -0.25) is 4.79 Å². The fraction of sp³-hybridized carbons (Fsp3) is 0.524.